The molecule has 1 aromatic carbocycles. The van der Waals surface area contributed by atoms with E-state index in [-0.39, 0.29) is 5.02 Å². The number of benzene rings is 1. The SMILES string of the molecule is CNc1cn2ccnc2c(Nc2c(Cl)cc(F)cc2Br)n1. The molecule has 3 rings (SSSR count). The Labute approximate surface area is 133 Å². The minimum Gasteiger partial charge on any atom is -0.372 e. The number of anilines is 3. The van der Waals surface area contributed by atoms with Crippen LogP contribution in [0.25, 0.3) is 5.65 Å². The standard InChI is InChI=1S/C13H10BrClFN5/c1-17-10-6-21-3-2-18-13(21)12(19-10)20-11-8(14)4-7(16)5-9(11)15/h2-6,17H,1H3,(H,19,20). The van der Waals surface area contributed by atoms with E-state index in [1.54, 1.807) is 13.2 Å². The van der Waals surface area contributed by atoms with Gasteiger partial charge in [0.2, 0.25) is 0 Å². The molecule has 0 saturated heterocycles. The molecule has 5 nitrogen and oxygen atoms in total. The summed E-state index contributed by atoms with van der Waals surface area (Å²) in [5.74, 6) is 0.763. The fraction of sp³-hybridized carbons (Fsp3) is 0.0769. The molecule has 108 valence electrons. The molecule has 0 bridgehead atoms. The molecular formula is C13H10BrClFN5. The minimum atomic E-state index is -0.416. The Hall–Kier alpha value is -1.86. The number of nitrogens with one attached hydrogen (secondary N) is 2. The Morgan fingerprint density at radius 3 is 2.90 bits per heavy atom. The first-order valence-electron chi connectivity index (χ1n) is 6.01. The van der Waals surface area contributed by atoms with Gasteiger partial charge in [0.1, 0.15) is 11.6 Å². The lowest BCUT2D eigenvalue weighted by molar-refractivity contribution is 0.627. The van der Waals surface area contributed by atoms with Crippen molar-refractivity contribution in [2.24, 2.45) is 0 Å². The van der Waals surface area contributed by atoms with Crippen molar-refractivity contribution in [1.29, 1.82) is 0 Å². The second kappa shape index (κ2) is 5.50. The van der Waals surface area contributed by atoms with Crippen molar-refractivity contribution in [2.75, 3.05) is 17.7 Å². The van der Waals surface area contributed by atoms with E-state index < -0.39 is 5.82 Å². The van der Waals surface area contributed by atoms with Gasteiger partial charge in [-0.3, -0.25) is 0 Å². The number of halogens is 3. The second-order valence-electron chi connectivity index (χ2n) is 4.25. The van der Waals surface area contributed by atoms with Crippen LogP contribution in [0.15, 0.2) is 35.2 Å². The van der Waals surface area contributed by atoms with Crippen LogP contribution in [0.4, 0.5) is 21.7 Å². The number of imidazole rings is 1. The number of rotatable bonds is 3. The van der Waals surface area contributed by atoms with Gasteiger partial charge in [0.15, 0.2) is 11.5 Å². The number of nitrogens with zero attached hydrogens (tertiary/aromatic N) is 3. The molecule has 8 heteroatoms. The molecule has 0 atom stereocenters. The number of fused-ring (bicyclic) bond motifs is 1. The lowest BCUT2D eigenvalue weighted by Gasteiger charge is -2.12. The van der Waals surface area contributed by atoms with E-state index in [2.05, 4.69) is 36.5 Å². The Kier molecular flexibility index (Phi) is 3.69. The molecule has 0 amide bonds. The molecule has 0 aliphatic heterocycles. The van der Waals surface area contributed by atoms with Crippen molar-refractivity contribution in [1.82, 2.24) is 14.4 Å². The van der Waals surface area contributed by atoms with Gasteiger partial charge in [0, 0.05) is 23.9 Å². The molecule has 0 spiro atoms. The quantitative estimate of drug-likeness (QED) is 0.730. The summed E-state index contributed by atoms with van der Waals surface area (Å²) in [6, 6.07) is 2.57. The number of aromatic nitrogens is 3. The molecule has 2 aromatic heterocycles. The maximum atomic E-state index is 13.3. The van der Waals surface area contributed by atoms with E-state index in [1.165, 1.54) is 12.1 Å². The van der Waals surface area contributed by atoms with Crippen LogP contribution < -0.4 is 10.6 Å². The number of hydrogen-bond acceptors (Lipinski definition) is 4. The van der Waals surface area contributed by atoms with Gasteiger partial charge in [-0.25, -0.2) is 14.4 Å². The van der Waals surface area contributed by atoms with E-state index in [4.69, 9.17) is 11.6 Å². The van der Waals surface area contributed by atoms with Gasteiger partial charge in [-0.05, 0) is 28.1 Å². The third-order valence-electron chi connectivity index (χ3n) is 2.88. The van der Waals surface area contributed by atoms with Crippen LogP contribution in [0, 0.1) is 5.82 Å². The summed E-state index contributed by atoms with van der Waals surface area (Å²) in [4.78, 5) is 8.66. The predicted octanol–water partition coefficient (Wildman–Crippen LogP) is 4.07. The summed E-state index contributed by atoms with van der Waals surface area (Å²) in [6.45, 7) is 0. The topological polar surface area (TPSA) is 54.2 Å². The Morgan fingerprint density at radius 2 is 2.19 bits per heavy atom. The van der Waals surface area contributed by atoms with Gasteiger partial charge >= 0.3 is 0 Å². The van der Waals surface area contributed by atoms with Crippen molar-refractivity contribution in [3.63, 3.8) is 0 Å². The third kappa shape index (κ3) is 2.66. The monoisotopic (exact) mass is 369 g/mol. The molecule has 3 aromatic rings. The largest absolute Gasteiger partial charge is 0.372 e. The molecule has 0 aliphatic carbocycles. The van der Waals surface area contributed by atoms with Crippen LogP contribution in [0.3, 0.4) is 0 Å². The van der Waals surface area contributed by atoms with E-state index in [0.29, 0.717) is 27.4 Å². The van der Waals surface area contributed by atoms with E-state index in [0.717, 1.165) is 0 Å². The highest BCUT2D eigenvalue weighted by molar-refractivity contribution is 9.10. The van der Waals surface area contributed by atoms with Crippen LogP contribution in [0.5, 0.6) is 0 Å². The zero-order valence-corrected chi connectivity index (χ0v) is 13.2. The highest BCUT2D eigenvalue weighted by Crippen LogP contribution is 2.34. The van der Waals surface area contributed by atoms with Gasteiger partial charge < -0.3 is 15.0 Å². The highest BCUT2D eigenvalue weighted by atomic mass is 79.9. The second-order valence-corrected chi connectivity index (χ2v) is 5.51. The van der Waals surface area contributed by atoms with Gasteiger partial charge in [0.05, 0.1) is 16.9 Å². The van der Waals surface area contributed by atoms with Crippen molar-refractivity contribution < 1.29 is 4.39 Å². The fourth-order valence-electron chi connectivity index (χ4n) is 1.92. The average molecular weight is 371 g/mol. The van der Waals surface area contributed by atoms with Gasteiger partial charge in [-0.1, -0.05) is 11.6 Å². The first-order valence-corrected chi connectivity index (χ1v) is 7.18. The molecule has 0 radical (unpaired) electrons. The van der Waals surface area contributed by atoms with Crippen LogP contribution >= 0.6 is 27.5 Å². The smallest absolute Gasteiger partial charge is 0.180 e. The van der Waals surface area contributed by atoms with Crippen LogP contribution in [-0.2, 0) is 0 Å². The zero-order chi connectivity index (χ0) is 15.0. The molecule has 2 heterocycles. The van der Waals surface area contributed by atoms with E-state index >= 15 is 0 Å². The van der Waals surface area contributed by atoms with Crippen LogP contribution in [-0.4, -0.2) is 21.4 Å². The Bertz CT molecular complexity index is 796. The lowest BCUT2D eigenvalue weighted by Crippen LogP contribution is -2.03. The first-order chi connectivity index (χ1) is 10.1. The first kappa shape index (κ1) is 14.1. The summed E-state index contributed by atoms with van der Waals surface area (Å²) < 4.78 is 15.6. The summed E-state index contributed by atoms with van der Waals surface area (Å²) in [5, 5.41) is 6.31. The van der Waals surface area contributed by atoms with Gasteiger partial charge in [0.25, 0.3) is 0 Å². The van der Waals surface area contributed by atoms with Crippen molar-refractivity contribution in [3.8, 4) is 0 Å². The summed E-state index contributed by atoms with van der Waals surface area (Å²) in [7, 11) is 1.77. The summed E-state index contributed by atoms with van der Waals surface area (Å²) >= 11 is 9.37. The van der Waals surface area contributed by atoms with Crippen molar-refractivity contribution in [2.45, 2.75) is 0 Å². The molecule has 0 aliphatic rings. The third-order valence-corrected chi connectivity index (χ3v) is 3.80. The van der Waals surface area contributed by atoms with Gasteiger partial charge in [-0.15, -0.1) is 0 Å². The van der Waals surface area contributed by atoms with E-state index in [9.17, 15) is 4.39 Å². The predicted molar refractivity (Wildman–Crippen MR) is 84.9 cm³/mol. The van der Waals surface area contributed by atoms with Crippen LogP contribution in [0.2, 0.25) is 5.02 Å². The molecule has 0 unspecified atom stereocenters. The van der Waals surface area contributed by atoms with Crippen molar-refractivity contribution in [3.05, 3.63) is 46.0 Å². The molecule has 21 heavy (non-hydrogen) atoms. The lowest BCUT2D eigenvalue weighted by atomic mass is 10.3. The maximum absolute atomic E-state index is 13.3. The normalized spacial score (nSPS) is 10.9. The fourth-order valence-corrected chi connectivity index (χ4v) is 2.81. The zero-order valence-electron chi connectivity index (χ0n) is 10.9. The van der Waals surface area contributed by atoms with Crippen LogP contribution in [0.1, 0.15) is 0 Å². The number of hydrogen-bond donors (Lipinski definition) is 2. The highest BCUT2D eigenvalue weighted by Gasteiger charge is 2.13. The van der Waals surface area contributed by atoms with Crippen molar-refractivity contribution >= 4 is 50.5 Å². The molecule has 2 N–H and O–H groups in total. The van der Waals surface area contributed by atoms with E-state index in [1.807, 2.05) is 16.8 Å². The minimum absolute atomic E-state index is 0.253. The molecule has 0 saturated carbocycles. The summed E-state index contributed by atoms with van der Waals surface area (Å²) in [6.07, 6.45) is 5.29. The van der Waals surface area contributed by atoms with Gasteiger partial charge in [-0.2, -0.15) is 0 Å². The Morgan fingerprint density at radius 1 is 1.38 bits per heavy atom. The molecular weight excluding hydrogens is 361 g/mol. The average Bonchev–Trinajstić information content (AvgIpc) is 2.90. The molecule has 0 fully saturated rings. The summed E-state index contributed by atoms with van der Waals surface area (Å²) in [5.41, 5.74) is 1.17. The Balaban J connectivity index is 2.11. The maximum Gasteiger partial charge on any atom is 0.180 e.